The average Bonchev–Trinajstić information content (AvgIpc) is 2.98. The molecule has 0 bridgehead atoms. The molecule has 0 fully saturated rings. The number of aliphatic imine (C=N–C) groups is 1. The topological polar surface area (TPSA) is 50.4 Å². The van der Waals surface area contributed by atoms with Crippen LogP contribution in [0.1, 0.15) is 39.0 Å². The van der Waals surface area contributed by atoms with E-state index in [2.05, 4.69) is 37.0 Å². The van der Waals surface area contributed by atoms with Crippen LogP contribution in [0.2, 0.25) is 0 Å². The molecule has 0 radical (unpaired) electrons. The van der Waals surface area contributed by atoms with Crippen molar-refractivity contribution >= 4 is 17.6 Å². The molecule has 0 atom stereocenters. The molecule has 1 aliphatic heterocycles. The summed E-state index contributed by atoms with van der Waals surface area (Å²) in [6.45, 7) is 6.48. The van der Waals surface area contributed by atoms with E-state index in [1.165, 1.54) is 24.0 Å². The molecule has 0 spiro atoms. The minimum atomic E-state index is 0.580. The minimum absolute atomic E-state index is 0.580. The lowest BCUT2D eigenvalue weighted by atomic mass is 9.87. The molecule has 1 aromatic carbocycles. The van der Waals surface area contributed by atoms with E-state index in [4.69, 9.17) is 10.7 Å². The molecule has 3 nitrogen and oxygen atoms in total. The number of thioether (sulfide) groups is 1. The lowest BCUT2D eigenvalue weighted by Crippen LogP contribution is -2.14. The number of nitrogens with zero attached hydrogens (tertiary/aromatic N) is 1. The van der Waals surface area contributed by atoms with Crippen LogP contribution in [0.4, 0.5) is 0 Å². The van der Waals surface area contributed by atoms with Gasteiger partial charge >= 0.3 is 0 Å². The molecule has 1 aliphatic carbocycles. The monoisotopic (exact) mass is 365 g/mol. The molecule has 3 N–H and O–H groups in total. The first-order chi connectivity index (χ1) is 12.7. The number of nitrogens with one attached hydrogen (secondary N) is 1. The van der Waals surface area contributed by atoms with Crippen molar-refractivity contribution in [2.24, 2.45) is 10.7 Å². The predicted octanol–water partition coefficient (Wildman–Crippen LogP) is 5.30. The second kappa shape index (κ2) is 8.45. The molecule has 0 aromatic heterocycles. The first kappa shape index (κ1) is 18.6. The van der Waals surface area contributed by atoms with Crippen LogP contribution in [0, 0.1) is 0 Å². The highest BCUT2D eigenvalue weighted by Gasteiger charge is 2.27. The smallest absolute Gasteiger partial charge is 0.140 e. The van der Waals surface area contributed by atoms with Gasteiger partial charge in [-0.15, -0.1) is 0 Å². The summed E-state index contributed by atoms with van der Waals surface area (Å²) in [5.41, 5.74) is 12.0. The van der Waals surface area contributed by atoms with E-state index in [1.54, 1.807) is 11.8 Å². The normalized spacial score (nSPS) is 19.2. The Balaban J connectivity index is 2.10. The van der Waals surface area contributed by atoms with E-state index < -0.39 is 0 Å². The number of hydrogen-bond donors (Lipinski definition) is 2. The van der Waals surface area contributed by atoms with Gasteiger partial charge in [0.1, 0.15) is 5.84 Å². The number of rotatable bonds is 6. The Morgan fingerprint density at radius 2 is 2.04 bits per heavy atom. The van der Waals surface area contributed by atoms with E-state index in [0.717, 1.165) is 46.0 Å². The van der Waals surface area contributed by atoms with E-state index in [9.17, 15) is 0 Å². The summed E-state index contributed by atoms with van der Waals surface area (Å²) in [4.78, 5) is 6.93. The van der Waals surface area contributed by atoms with Gasteiger partial charge in [0.2, 0.25) is 0 Å². The molecular weight excluding hydrogens is 338 g/mol. The number of benzene rings is 1. The Morgan fingerprint density at radius 3 is 2.65 bits per heavy atom. The fourth-order valence-electron chi connectivity index (χ4n) is 3.37. The molecule has 2 aliphatic rings. The summed E-state index contributed by atoms with van der Waals surface area (Å²) in [5, 5.41) is 3.35. The molecular formula is C22H27N3S. The predicted molar refractivity (Wildman–Crippen MR) is 113 cm³/mol. The molecule has 0 amide bonds. The van der Waals surface area contributed by atoms with Crippen LogP contribution in [-0.2, 0) is 0 Å². The molecule has 0 saturated carbocycles. The van der Waals surface area contributed by atoms with Gasteiger partial charge in [0, 0.05) is 17.5 Å². The van der Waals surface area contributed by atoms with Gasteiger partial charge in [-0.25, -0.2) is 4.99 Å². The Kier molecular flexibility index (Phi) is 6.04. The zero-order valence-corrected chi connectivity index (χ0v) is 16.5. The summed E-state index contributed by atoms with van der Waals surface area (Å²) in [7, 11) is 1.94. The van der Waals surface area contributed by atoms with Crippen LogP contribution >= 0.6 is 11.8 Å². The van der Waals surface area contributed by atoms with Crippen molar-refractivity contribution in [2.75, 3.05) is 7.05 Å². The van der Waals surface area contributed by atoms with Crippen LogP contribution in [0.5, 0.6) is 0 Å². The number of nitrogens with two attached hydrogens (primary N) is 1. The van der Waals surface area contributed by atoms with E-state index in [-0.39, 0.29) is 0 Å². The highest BCUT2D eigenvalue weighted by atomic mass is 32.2. The first-order valence-electron chi connectivity index (χ1n) is 9.27. The maximum atomic E-state index is 6.34. The van der Waals surface area contributed by atoms with Crippen LogP contribution < -0.4 is 11.1 Å². The lowest BCUT2D eigenvalue weighted by Gasteiger charge is -2.20. The molecule has 26 heavy (non-hydrogen) atoms. The van der Waals surface area contributed by atoms with Crippen molar-refractivity contribution in [3.8, 4) is 0 Å². The quantitative estimate of drug-likeness (QED) is 0.719. The maximum absolute atomic E-state index is 6.34. The molecule has 1 heterocycles. The molecule has 4 heteroatoms. The van der Waals surface area contributed by atoms with Gasteiger partial charge in [0.25, 0.3) is 0 Å². The number of hydrogen-bond acceptors (Lipinski definition) is 4. The second-order valence-electron chi connectivity index (χ2n) is 6.52. The third-order valence-electron chi connectivity index (χ3n) is 4.77. The van der Waals surface area contributed by atoms with Crippen LogP contribution in [-0.4, -0.2) is 12.9 Å². The van der Waals surface area contributed by atoms with Gasteiger partial charge < -0.3 is 11.1 Å². The van der Waals surface area contributed by atoms with Gasteiger partial charge in [-0.2, -0.15) is 0 Å². The summed E-state index contributed by atoms with van der Waals surface area (Å²) < 4.78 is 0. The van der Waals surface area contributed by atoms with E-state index in [0.29, 0.717) is 5.84 Å². The van der Waals surface area contributed by atoms with Crippen molar-refractivity contribution in [1.29, 1.82) is 0 Å². The molecule has 0 unspecified atom stereocenters. The lowest BCUT2D eigenvalue weighted by molar-refractivity contribution is 0.704. The largest absolute Gasteiger partial charge is 0.385 e. The molecule has 1 aromatic rings. The average molecular weight is 366 g/mol. The zero-order valence-electron chi connectivity index (χ0n) is 15.6. The van der Waals surface area contributed by atoms with Gasteiger partial charge in [-0.3, -0.25) is 0 Å². The Morgan fingerprint density at radius 1 is 1.27 bits per heavy atom. The van der Waals surface area contributed by atoms with E-state index in [1.807, 2.05) is 25.2 Å². The molecule has 3 rings (SSSR count). The number of amidine groups is 1. The highest BCUT2D eigenvalue weighted by molar-refractivity contribution is 8.04. The van der Waals surface area contributed by atoms with Gasteiger partial charge in [-0.05, 0) is 55.4 Å². The van der Waals surface area contributed by atoms with Gasteiger partial charge in [0.15, 0.2) is 0 Å². The van der Waals surface area contributed by atoms with Crippen LogP contribution in [0.3, 0.4) is 0 Å². The summed E-state index contributed by atoms with van der Waals surface area (Å²) in [6.07, 6.45) is 7.97. The highest BCUT2D eigenvalue weighted by Crippen LogP contribution is 2.40. The standard InChI is InChI=1S/C22H27N3S/c1-4-15(2)18(16-11-7-5-8-12-16)19-20(24-3)21(22(23)25-19)26-17-13-9-6-10-14-17/h6,9-11,13-14,24H,2,4-5,7-8,12H2,1,3H3,(H2,23,25)/b19-18-. The fraction of sp³-hybridized carbons (Fsp3) is 0.318. The molecule has 136 valence electrons. The Labute approximate surface area is 160 Å². The van der Waals surface area contributed by atoms with E-state index >= 15 is 0 Å². The first-order valence-corrected chi connectivity index (χ1v) is 10.1. The van der Waals surface area contributed by atoms with Gasteiger partial charge in [-0.1, -0.05) is 49.5 Å². The second-order valence-corrected chi connectivity index (χ2v) is 7.61. The Bertz CT molecular complexity index is 813. The zero-order chi connectivity index (χ0) is 18.5. The Hall–Kier alpha value is -2.20. The summed E-state index contributed by atoms with van der Waals surface area (Å²) in [5.74, 6) is 0.580. The van der Waals surface area contributed by atoms with Crippen molar-refractivity contribution in [2.45, 2.75) is 43.9 Å². The third-order valence-corrected chi connectivity index (χ3v) is 5.90. The van der Waals surface area contributed by atoms with Crippen molar-refractivity contribution in [3.63, 3.8) is 0 Å². The SMILES string of the molecule is C=C(CC)/C(C1=CCCCC1)=C1/N=C(N)C(Sc2ccccc2)=C1NC. The van der Waals surface area contributed by atoms with Crippen LogP contribution in [0.15, 0.2) is 85.9 Å². The van der Waals surface area contributed by atoms with Crippen LogP contribution in [0.25, 0.3) is 0 Å². The number of likely N-dealkylation sites (N-methyl/N-ethyl adjacent to an activating group) is 1. The number of allylic oxidation sites excluding steroid dienone is 4. The van der Waals surface area contributed by atoms with Crippen molar-refractivity contribution in [3.05, 3.63) is 76.0 Å². The summed E-state index contributed by atoms with van der Waals surface area (Å²) >= 11 is 1.66. The maximum Gasteiger partial charge on any atom is 0.140 e. The molecule has 0 saturated heterocycles. The minimum Gasteiger partial charge on any atom is -0.385 e. The third kappa shape index (κ3) is 3.80. The van der Waals surface area contributed by atoms with Crippen molar-refractivity contribution < 1.29 is 0 Å². The fourth-order valence-corrected chi connectivity index (χ4v) is 4.35. The van der Waals surface area contributed by atoms with Crippen molar-refractivity contribution in [1.82, 2.24) is 5.32 Å². The van der Waals surface area contributed by atoms with Gasteiger partial charge in [0.05, 0.1) is 16.3 Å². The summed E-state index contributed by atoms with van der Waals surface area (Å²) in [6, 6.07) is 10.3.